The van der Waals surface area contributed by atoms with Gasteiger partial charge in [-0.25, -0.2) is 4.98 Å². The van der Waals surface area contributed by atoms with E-state index in [1.165, 1.54) is 0 Å². The molecule has 1 atom stereocenters. The minimum absolute atomic E-state index is 0.622. The quantitative estimate of drug-likeness (QED) is 0.718. The van der Waals surface area contributed by atoms with Crippen molar-refractivity contribution in [3.05, 3.63) is 24.4 Å². The van der Waals surface area contributed by atoms with Gasteiger partial charge in [-0.2, -0.15) is 11.8 Å². The van der Waals surface area contributed by atoms with Crippen LogP contribution >= 0.6 is 11.8 Å². The molecule has 0 N–H and O–H groups in total. The summed E-state index contributed by atoms with van der Waals surface area (Å²) in [6, 6.07) is 5.45. The van der Waals surface area contributed by atoms with Crippen LogP contribution in [0.1, 0.15) is 0 Å². The van der Waals surface area contributed by atoms with Crippen LogP contribution in [0.3, 0.4) is 0 Å². The van der Waals surface area contributed by atoms with Crippen LogP contribution in [-0.4, -0.2) is 20.5 Å². The molecule has 4 heteroatoms. The summed E-state index contributed by atoms with van der Waals surface area (Å²) in [5, 5.41) is 1.29. The number of thioether (sulfide) groups is 1. The Balaban J connectivity index is 2.69. The van der Waals surface area contributed by atoms with Crippen LogP contribution in [0.4, 0.5) is 0 Å². The third-order valence-electron chi connectivity index (χ3n) is 1.10. The molecule has 11 heavy (non-hydrogen) atoms. The topological polar surface area (TPSA) is 30.0 Å². The molecule has 0 aliphatic carbocycles. The van der Waals surface area contributed by atoms with Crippen LogP contribution in [0, 0.1) is 0 Å². The van der Waals surface area contributed by atoms with Gasteiger partial charge in [0.1, 0.15) is 5.03 Å². The molecule has 1 heterocycles. The van der Waals surface area contributed by atoms with E-state index in [4.69, 9.17) is 0 Å². The molecular weight excluding hydrogens is 178 g/mol. The third kappa shape index (κ3) is 2.63. The zero-order chi connectivity index (χ0) is 8.10. The Bertz CT molecular complexity index is 237. The molecular formula is C7H9NOS2. The molecule has 1 aromatic heterocycles. The lowest BCUT2D eigenvalue weighted by Gasteiger charge is -1.96. The summed E-state index contributed by atoms with van der Waals surface area (Å²) in [4.78, 5) is 3.98. The molecule has 60 valence electrons. The number of hydrogen-bond donors (Lipinski definition) is 0. The van der Waals surface area contributed by atoms with E-state index < -0.39 is 10.8 Å². The maximum absolute atomic E-state index is 11.3. The molecule has 0 aliphatic heterocycles. The predicted octanol–water partition coefficient (Wildman–Crippen LogP) is 1.51. The first-order chi connectivity index (χ1) is 5.34. The highest BCUT2D eigenvalue weighted by molar-refractivity contribution is 8.09. The highest BCUT2D eigenvalue weighted by Crippen LogP contribution is 2.05. The summed E-state index contributed by atoms with van der Waals surface area (Å²) in [6.45, 7) is 0. The van der Waals surface area contributed by atoms with Crippen LogP contribution in [0.15, 0.2) is 29.4 Å². The maximum Gasteiger partial charge on any atom is 0.128 e. The van der Waals surface area contributed by atoms with Gasteiger partial charge in [-0.1, -0.05) is 6.07 Å². The number of hydrogen-bond acceptors (Lipinski definition) is 3. The van der Waals surface area contributed by atoms with E-state index in [-0.39, 0.29) is 0 Å². The van der Waals surface area contributed by atoms with E-state index in [0.717, 1.165) is 0 Å². The van der Waals surface area contributed by atoms with Gasteiger partial charge < -0.3 is 0 Å². The fourth-order valence-corrected chi connectivity index (χ4v) is 2.40. The zero-order valence-corrected chi connectivity index (χ0v) is 7.82. The van der Waals surface area contributed by atoms with E-state index >= 15 is 0 Å². The van der Waals surface area contributed by atoms with Crippen molar-refractivity contribution in [2.24, 2.45) is 0 Å². The molecule has 0 aliphatic rings. The lowest BCUT2D eigenvalue weighted by Crippen LogP contribution is -1.95. The van der Waals surface area contributed by atoms with Crippen LogP contribution in [0.2, 0.25) is 0 Å². The molecule has 1 rings (SSSR count). The molecule has 2 nitrogen and oxygen atoms in total. The molecule has 0 amide bonds. The standard InChI is InChI=1S/C7H9NOS2/c1-10-6-11(9)7-4-2-3-5-8-7/h2-5H,6H2,1H3. The molecule has 1 aromatic rings. The van der Waals surface area contributed by atoms with E-state index in [9.17, 15) is 4.21 Å². The smallest absolute Gasteiger partial charge is 0.128 e. The maximum atomic E-state index is 11.3. The fraction of sp³-hybridized carbons (Fsp3) is 0.286. The van der Waals surface area contributed by atoms with Crippen LogP contribution < -0.4 is 0 Å². The summed E-state index contributed by atoms with van der Waals surface area (Å²) in [6.07, 6.45) is 3.59. The average molecular weight is 187 g/mol. The second-order valence-corrected chi connectivity index (χ2v) is 4.55. The fourth-order valence-electron chi connectivity index (χ4n) is 0.649. The predicted molar refractivity (Wildman–Crippen MR) is 49.0 cm³/mol. The van der Waals surface area contributed by atoms with Gasteiger partial charge in [-0.3, -0.25) is 4.21 Å². The Morgan fingerprint density at radius 3 is 3.00 bits per heavy atom. The lowest BCUT2D eigenvalue weighted by atomic mass is 10.5. The van der Waals surface area contributed by atoms with Gasteiger partial charge in [0, 0.05) is 6.20 Å². The Kier molecular flexibility index (Phi) is 3.59. The molecule has 0 bridgehead atoms. The molecule has 0 aromatic carbocycles. The van der Waals surface area contributed by atoms with Crippen molar-refractivity contribution < 1.29 is 4.21 Å². The van der Waals surface area contributed by atoms with E-state index in [1.54, 1.807) is 24.0 Å². The van der Waals surface area contributed by atoms with Gasteiger partial charge in [0.2, 0.25) is 0 Å². The van der Waals surface area contributed by atoms with Crippen molar-refractivity contribution in [1.29, 1.82) is 0 Å². The minimum Gasteiger partial charge on any atom is -0.252 e. The molecule has 0 fully saturated rings. The average Bonchev–Trinajstić information content (AvgIpc) is 2.07. The highest BCUT2D eigenvalue weighted by Gasteiger charge is 2.01. The first-order valence-corrected chi connectivity index (χ1v) is 5.84. The number of pyridine rings is 1. The van der Waals surface area contributed by atoms with Gasteiger partial charge in [-0.05, 0) is 18.4 Å². The van der Waals surface area contributed by atoms with E-state index in [0.29, 0.717) is 10.1 Å². The van der Waals surface area contributed by atoms with Crippen molar-refractivity contribution in [2.75, 3.05) is 11.3 Å². The summed E-state index contributed by atoms with van der Waals surface area (Å²) < 4.78 is 11.3. The molecule has 0 saturated carbocycles. The Labute approximate surface area is 72.9 Å². The van der Waals surface area contributed by atoms with Crippen molar-refractivity contribution in [2.45, 2.75) is 5.03 Å². The number of nitrogens with zero attached hydrogens (tertiary/aromatic N) is 1. The first-order valence-electron chi connectivity index (χ1n) is 3.13. The summed E-state index contributed by atoms with van der Waals surface area (Å²) in [5.74, 6) is 0. The van der Waals surface area contributed by atoms with Gasteiger partial charge >= 0.3 is 0 Å². The molecule has 1 unspecified atom stereocenters. The summed E-state index contributed by atoms with van der Waals surface area (Å²) in [5.41, 5.74) is 0. The molecule has 0 radical (unpaired) electrons. The van der Waals surface area contributed by atoms with Gasteiger partial charge in [-0.15, -0.1) is 0 Å². The van der Waals surface area contributed by atoms with Gasteiger partial charge in [0.15, 0.2) is 0 Å². The SMILES string of the molecule is CSCS(=O)c1ccccn1. The largest absolute Gasteiger partial charge is 0.252 e. The normalized spacial score (nSPS) is 12.8. The van der Waals surface area contributed by atoms with E-state index in [1.807, 2.05) is 18.4 Å². The second-order valence-electron chi connectivity index (χ2n) is 1.92. The Hall–Kier alpha value is -0.350. The van der Waals surface area contributed by atoms with Crippen molar-refractivity contribution in [3.8, 4) is 0 Å². The third-order valence-corrected chi connectivity index (χ3v) is 3.60. The van der Waals surface area contributed by atoms with Crippen molar-refractivity contribution in [3.63, 3.8) is 0 Å². The second kappa shape index (κ2) is 4.51. The van der Waals surface area contributed by atoms with Crippen LogP contribution in [0.5, 0.6) is 0 Å². The van der Waals surface area contributed by atoms with E-state index in [2.05, 4.69) is 4.98 Å². The van der Waals surface area contributed by atoms with Crippen LogP contribution in [0.25, 0.3) is 0 Å². The number of rotatable bonds is 3. The highest BCUT2D eigenvalue weighted by atomic mass is 32.2. The van der Waals surface area contributed by atoms with Gasteiger partial charge in [0.05, 0.1) is 15.9 Å². The summed E-state index contributed by atoms with van der Waals surface area (Å²) >= 11 is 1.56. The molecule has 0 saturated heterocycles. The molecule has 0 spiro atoms. The van der Waals surface area contributed by atoms with Crippen molar-refractivity contribution in [1.82, 2.24) is 4.98 Å². The zero-order valence-electron chi connectivity index (χ0n) is 6.19. The monoisotopic (exact) mass is 187 g/mol. The number of aromatic nitrogens is 1. The van der Waals surface area contributed by atoms with Crippen molar-refractivity contribution >= 4 is 22.6 Å². The summed E-state index contributed by atoms with van der Waals surface area (Å²) in [7, 11) is -0.932. The Morgan fingerprint density at radius 2 is 2.45 bits per heavy atom. The Morgan fingerprint density at radius 1 is 1.64 bits per heavy atom. The van der Waals surface area contributed by atoms with Crippen LogP contribution in [-0.2, 0) is 10.8 Å². The minimum atomic E-state index is -0.932. The first kappa shape index (κ1) is 8.74. The lowest BCUT2D eigenvalue weighted by molar-refractivity contribution is 0.683. The van der Waals surface area contributed by atoms with Gasteiger partial charge in [0.25, 0.3) is 0 Å².